The van der Waals surface area contributed by atoms with Crippen LogP contribution < -0.4 is 10.1 Å². The zero-order chi connectivity index (χ0) is 21.4. The first-order valence-electron chi connectivity index (χ1n) is 11.7. The molecule has 1 heterocycles. The SMILES string of the molecule is CCOc1ccc(-c2n[nH]c(=S)n2CCC(=O)NCC23CC4CC(CC(C4)C2)C3)cc1. The summed E-state index contributed by atoms with van der Waals surface area (Å²) in [6.07, 6.45) is 8.64. The van der Waals surface area contributed by atoms with Crippen LogP contribution in [-0.2, 0) is 11.3 Å². The predicted octanol–water partition coefficient (Wildman–Crippen LogP) is 4.73. The molecule has 1 amide bonds. The van der Waals surface area contributed by atoms with Crippen molar-refractivity contribution < 1.29 is 9.53 Å². The molecular weight excluding hydrogens is 408 g/mol. The number of amides is 1. The van der Waals surface area contributed by atoms with Crippen LogP contribution >= 0.6 is 12.2 Å². The molecule has 4 bridgehead atoms. The van der Waals surface area contributed by atoms with Gasteiger partial charge < -0.3 is 10.1 Å². The summed E-state index contributed by atoms with van der Waals surface area (Å²) in [5, 5.41) is 10.5. The predicted molar refractivity (Wildman–Crippen MR) is 122 cm³/mol. The van der Waals surface area contributed by atoms with Crippen LogP contribution in [-0.4, -0.2) is 33.8 Å². The lowest BCUT2D eigenvalue weighted by Crippen LogP contribution is -2.51. The zero-order valence-corrected chi connectivity index (χ0v) is 19.0. The van der Waals surface area contributed by atoms with E-state index in [2.05, 4.69) is 15.5 Å². The molecule has 2 aromatic rings. The Kier molecular flexibility index (Phi) is 5.63. The highest BCUT2D eigenvalue weighted by molar-refractivity contribution is 7.71. The van der Waals surface area contributed by atoms with E-state index in [-0.39, 0.29) is 5.91 Å². The molecule has 1 aromatic carbocycles. The third-order valence-electron chi connectivity index (χ3n) is 7.57. The number of nitrogens with zero attached hydrogens (tertiary/aromatic N) is 2. The van der Waals surface area contributed by atoms with E-state index in [1.54, 1.807) is 0 Å². The van der Waals surface area contributed by atoms with Crippen LogP contribution in [0.2, 0.25) is 0 Å². The first kappa shape index (κ1) is 20.7. The summed E-state index contributed by atoms with van der Waals surface area (Å²) < 4.78 is 7.97. The fourth-order valence-electron chi connectivity index (χ4n) is 6.71. The Bertz CT molecular complexity index is 958. The topological polar surface area (TPSA) is 71.9 Å². The number of hydrogen-bond donors (Lipinski definition) is 2. The highest BCUT2D eigenvalue weighted by Crippen LogP contribution is 2.59. The molecule has 0 spiro atoms. The van der Waals surface area contributed by atoms with Gasteiger partial charge in [-0.05, 0) is 105 Å². The number of benzene rings is 1. The largest absolute Gasteiger partial charge is 0.494 e. The maximum atomic E-state index is 12.7. The molecule has 0 saturated heterocycles. The van der Waals surface area contributed by atoms with Crippen molar-refractivity contribution in [2.75, 3.05) is 13.2 Å². The van der Waals surface area contributed by atoms with E-state index in [4.69, 9.17) is 17.0 Å². The van der Waals surface area contributed by atoms with Crippen LogP contribution in [0.1, 0.15) is 51.9 Å². The fraction of sp³-hybridized carbons (Fsp3) is 0.625. The number of ether oxygens (including phenoxy) is 1. The molecule has 0 aliphatic heterocycles. The molecule has 6 rings (SSSR count). The van der Waals surface area contributed by atoms with Gasteiger partial charge in [0.15, 0.2) is 10.6 Å². The molecule has 6 nitrogen and oxygen atoms in total. The fourth-order valence-corrected chi connectivity index (χ4v) is 6.93. The molecule has 7 heteroatoms. The quantitative estimate of drug-likeness (QED) is 0.582. The van der Waals surface area contributed by atoms with Crippen molar-refractivity contribution >= 4 is 18.1 Å². The minimum Gasteiger partial charge on any atom is -0.494 e. The summed E-state index contributed by atoms with van der Waals surface area (Å²) in [5.74, 6) is 4.41. The first-order chi connectivity index (χ1) is 15.0. The molecule has 2 N–H and O–H groups in total. The van der Waals surface area contributed by atoms with Gasteiger partial charge in [-0.25, -0.2) is 0 Å². The molecule has 4 aliphatic carbocycles. The van der Waals surface area contributed by atoms with Gasteiger partial charge in [-0.15, -0.1) is 0 Å². The summed E-state index contributed by atoms with van der Waals surface area (Å²) in [5.41, 5.74) is 1.31. The third kappa shape index (κ3) is 4.29. The number of hydrogen-bond acceptors (Lipinski definition) is 4. The number of carbonyl (C=O) groups excluding carboxylic acids is 1. The standard InChI is InChI=1S/C24H32N4O2S/c1-2-30-20-5-3-19(4-6-20)22-26-27-23(31)28(22)8-7-21(29)25-15-24-12-16-9-17(13-24)11-18(10-16)14-24/h3-6,16-18H,2,7-15H2,1H3,(H,25,29)(H,27,31). The second-order valence-corrected chi connectivity index (χ2v) is 10.3. The Morgan fingerprint density at radius 1 is 1.19 bits per heavy atom. The molecule has 0 radical (unpaired) electrons. The van der Waals surface area contributed by atoms with E-state index >= 15 is 0 Å². The minimum atomic E-state index is 0.108. The van der Waals surface area contributed by atoms with E-state index in [9.17, 15) is 4.79 Å². The Morgan fingerprint density at radius 3 is 2.45 bits per heavy atom. The summed E-state index contributed by atoms with van der Waals surface area (Å²) in [6, 6.07) is 7.80. The van der Waals surface area contributed by atoms with Crippen LogP contribution in [0, 0.1) is 27.9 Å². The number of aromatic nitrogens is 3. The Morgan fingerprint density at radius 2 is 1.84 bits per heavy atom. The molecular formula is C24H32N4O2S. The van der Waals surface area contributed by atoms with Gasteiger partial charge in [0, 0.05) is 25.1 Å². The van der Waals surface area contributed by atoms with Gasteiger partial charge in [0.1, 0.15) is 5.75 Å². The van der Waals surface area contributed by atoms with Crippen molar-refractivity contribution in [1.82, 2.24) is 20.1 Å². The van der Waals surface area contributed by atoms with Gasteiger partial charge in [-0.2, -0.15) is 5.10 Å². The Balaban J connectivity index is 1.19. The molecule has 4 fully saturated rings. The molecule has 0 atom stereocenters. The lowest BCUT2D eigenvalue weighted by molar-refractivity contribution is -0.123. The van der Waals surface area contributed by atoms with Crippen molar-refractivity contribution in [3.63, 3.8) is 0 Å². The van der Waals surface area contributed by atoms with Crippen molar-refractivity contribution in [3.05, 3.63) is 29.0 Å². The molecule has 1 aromatic heterocycles. The third-order valence-corrected chi connectivity index (χ3v) is 7.88. The van der Waals surface area contributed by atoms with E-state index < -0.39 is 0 Å². The summed E-state index contributed by atoms with van der Waals surface area (Å²) in [7, 11) is 0. The van der Waals surface area contributed by atoms with Crippen molar-refractivity contribution in [1.29, 1.82) is 0 Å². The number of H-pyrrole nitrogens is 1. The van der Waals surface area contributed by atoms with Gasteiger partial charge in [-0.3, -0.25) is 14.5 Å². The second-order valence-electron chi connectivity index (χ2n) is 9.91. The number of nitrogens with one attached hydrogen (secondary N) is 2. The van der Waals surface area contributed by atoms with Gasteiger partial charge >= 0.3 is 0 Å². The summed E-state index contributed by atoms with van der Waals surface area (Å²) >= 11 is 5.42. The molecule has 31 heavy (non-hydrogen) atoms. The summed E-state index contributed by atoms with van der Waals surface area (Å²) in [6.45, 7) is 3.96. The van der Waals surface area contributed by atoms with Gasteiger partial charge in [-0.1, -0.05) is 0 Å². The summed E-state index contributed by atoms with van der Waals surface area (Å²) in [4.78, 5) is 12.7. The van der Waals surface area contributed by atoms with E-state index in [0.29, 0.717) is 29.8 Å². The number of rotatable bonds is 8. The maximum absolute atomic E-state index is 12.7. The van der Waals surface area contributed by atoms with Crippen molar-refractivity contribution in [3.8, 4) is 17.1 Å². The number of carbonyl (C=O) groups is 1. The lowest BCUT2D eigenvalue weighted by atomic mass is 9.49. The minimum absolute atomic E-state index is 0.108. The van der Waals surface area contributed by atoms with Gasteiger partial charge in [0.25, 0.3) is 0 Å². The van der Waals surface area contributed by atoms with E-state index in [0.717, 1.165) is 41.4 Å². The van der Waals surface area contributed by atoms with E-state index in [1.807, 2.05) is 35.8 Å². The Hall–Kier alpha value is -2.15. The van der Waals surface area contributed by atoms with E-state index in [1.165, 1.54) is 38.5 Å². The molecule has 166 valence electrons. The Labute approximate surface area is 188 Å². The molecule has 4 saturated carbocycles. The second kappa shape index (κ2) is 8.41. The maximum Gasteiger partial charge on any atom is 0.221 e. The number of aromatic amines is 1. The van der Waals surface area contributed by atoms with Crippen molar-refractivity contribution in [2.45, 2.75) is 58.4 Å². The van der Waals surface area contributed by atoms with Crippen LogP contribution in [0.15, 0.2) is 24.3 Å². The lowest BCUT2D eigenvalue weighted by Gasteiger charge is -2.56. The smallest absolute Gasteiger partial charge is 0.221 e. The average Bonchev–Trinajstić information content (AvgIpc) is 3.11. The van der Waals surface area contributed by atoms with Crippen LogP contribution in [0.4, 0.5) is 0 Å². The van der Waals surface area contributed by atoms with Gasteiger partial charge in [0.2, 0.25) is 5.91 Å². The first-order valence-corrected chi connectivity index (χ1v) is 12.1. The average molecular weight is 441 g/mol. The van der Waals surface area contributed by atoms with Crippen molar-refractivity contribution in [2.24, 2.45) is 23.2 Å². The monoisotopic (exact) mass is 440 g/mol. The van der Waals surface area contributed by atoms with Gasteiger partial charge in [0.05, 0.1) is 6.61 Å². The molecule has 4 aliphatic rings. The van der Waals surface area contributed by atoms with Crippen LogP contribution in [0.25, 0.3) is 11.4 Å². The van der Waals surface area contributed by atoms with Crippen LogP contribution in [0.3, 0.4) is 0 Å². The molecule has 0 unspecified atom stereocenters. The van der Waals surface area contributed by atoms with Crippen LogP contribution in [0.5, 0.6) is 5.75 Å². The normalized spacial score (nSPS) is 28.6. The zero-order valence-electron chi connectivity index (χ0n) is 18.2. The highest BCUT2D eigenvalue weighted by Gasteiger charge is 2.50. The highest BCUT2D eigenvalue weighted by atomic mass is 32.1.